The quantitative estimate of drug-likeness (QED) is 0.410. The lowest BCUT2D eigenvalue weighted by molar-refractivity contribution is -0.120. The standard InChI is InChI=1S/C12H17N3O2/c1-8(2)12(17)14-10-5-3-9(4-6-10)7-11(16)15-13/h3-6,8H,7,13H2,1-2H3,(H,14,17)(H,15,16). The van der Waals surface area contributed by atoms with Crippen molar-refractivity contribution in [3.05, 3.63) is 29.8 Å². The molecule has 0 radical (unpaired) electrons. The molecule has 0 bridgehead atoms. The number of nitrogens with two attached hydrogens (primary N) is 1. The molecule has 0 heterocycles. The summed E-state index contributed by atoms with van der Waals surface area (Å²) in [5, 5.41) is 2.77. The second-order valence-corrected chi connectivity index (χ2v) is 4.09. The van der Waals surface area contributed by atoms with E-state index in [0.29, 0.717) is 0 Å². The Labute approximate surface area is 100 Å². The Hall–Kier alpha value is -1.88. The zero-order valence-electron chi connectivity index (χ0n) is 9.99. The van der Waals surface area contributed by atoms with Crippen LogP contribution in [0.4, 0.5) is 5.69 Å². The molecule has 5 heteroatoms. The van der Waals surface area contributed by atoms with Gasteiger partial charge in [0.15, 0.2) is 0 Å². The largest absolute Gasteiger partial charge is 0.326 e. The number of hydrazine groups is 1. The summed E-state index contributed by atoms with van der Waals surface area (Å²) >= 11 is 0. The number of rotatable bonds is 4. The van der Waals surface area contributed by atoms with E-state index in [1.807, 2.05) is 13.8 Å². The van der Waals surface area contributed by atoms with E-state index < -0.39 is 0 Å². The summed E-state index contributed by atoms with van der Waals surface area (Å²) in [7, 11) is 0. The van der Waals surface area contributed by atoms with Crippen LogP contribution in [0, 0.1) is 5.92 Å². The zero-order chi connectivity index (χ0) is 12.8. The molecule has 0 unspecified atom stereocenters. The maximum Gasteiger partial charge on any atom is 0.238 e. The number of carbonyl (C=O) groups excluding carboxylic acids is 2. The van der Waals surface area contributed by atoms with E-state index in [2.05, 4.69) is 10.7 Å². The topological polar surface area (TPSA) is 84.2 Å². The number of carbonyl (C=O) groups is 2. The van der Waals surface area contributed by atoms with E-state index in [0.717, 1.165) is 11.3 Å². The van der Waals surface area contributed by atoms with E-state index in [9.17, 15) is 9.59 Å². The van der Waals surface area contributed by atoms with Crippen molar-refractivity contribution in [2.75, 3.05) is 5.32 Å². The third-order valence-electron chi connectivity index (χ3n) is 2.27. The molecule has 0 spiro atoms. The van der Waals surface area contributed by atoms with E-state index >= 15 is 0 Å². The first-order valence-electron chi connectivity index (χ1n) is 5.42. The first kappa shape index (κ1) is 13.2. The van der Waals surface area contributed by atoms with E-state index in [-0.39, 0.29) is 24.2 Å². The van der Waals surface area contributed by atoms with Crippen molar-refractivity contribution in [1.29, 1.82) is 0 Å². The Kier molecular flexibility index (Phi) is 4.66. The second-order valence-electron chi connectivity index (χ2n) is 4.09. The summed E-state index contributed by atoms with van der Waals surface area (Å²) in [5.41, 5.74) is 3.63. The highest BCUT2D eigenvalue weighted by Crippen LogP contribution is 2.11. The number of benzene rings is 1. The van der Waals surface area contributed by atoms with Gasteiger partial charge in [-0.15, -0.1) is 0 Å². The molecular formula is C12H17N3O2. The van der Waals surface area contributed by atoms with Crippen LogP contribution in [0.2, 0.25) is 0 Å². The lowest BCUT2D eigenvalue weighted by Gasteiger charge is -2.08. The van der Waals surface area contributed by atoms with Crippen LogP contribution in [-0.4, -0.2) is 11.8 Å². The summed E-state index contributed by atoms with van der Waals surface area (Å²) in [4.78, 5) is 22.5. The molecule has 0 atom stereocenters. The molecule has 1 aromatic rings. The molecule has 0 aliphatic heterocycles. The Balaban J connectivity index is 2.62. The van der Waals surface area contributed by atoms with Crippen LogP contribution in [0.1, 0.15) is 19.4 Å². The van der Waals surface area contributed by atoms with E-state index in [4.69, 9.17) is 5.84 Å². The summed E-state index contributed by atoms with van der Waals surface area (Å²) in [6.07, 6.45) is 0.231. The average Bonchev–Trinajstić information content (AvgIpc) is 2.31. The minimum Gasteiger partial charge on any atom is -0.326 e. The lowest BCUT2D eigenvalue weighted by atomic mass is 10.1. The average molecular weight is 235 g/mol. The third kappa shape index (κ3) is 4.24. The van der Waals surface area contributed by atoms with Gasteiger partial charge in [0.25, 0.3) is 0 Å². The Bertz CT molecular complexity index is 399. The van der Waals surface area contributed by atoms with Gasteiger partial charge in [-0.05, 0) is 17.7 Å². The third-order valence-corrected chi connectivity index (χ3v) is 2.27. The van der Waals surface area contributed by atoms with Gasteiger partial charge in [0.2, 0.25) is 11.8 Å². The Morgan fingerprint density at radius 1 is 1.24 bits per heavy atom. The fourth-order valence-electron chi connectivity index (χ4n) is 1.23. The molecule has 5 nitrogen and oxygen atoms in total. The van der Waals surface area contributed by atoms with Crippen molar-refractivity contribution in [3.63, 3.8) is 0 Å². The highest BCUT2D eigenvalue weighted by Gasteiger charge is 2.07. The maximum absolute atomic E-state index is 11.4. The minimum atomic E-state index is -0.246. The molecule has 0 saturated heterocycles. The molecule has 0 aliphatic carbocycles. The Morgan fingerprint density at radius 2 is 1.82 bits per heavy atom. The molecule has 0 saturated carbocycles. The minimum absolute atomic E-state index is 0.0301. The van der Waals surface area contributed by atoms with Crippen molar-refractivity contribution in [2.45, 2.75) is 20.3 Å². The normalized spacial score (nSPS) is 10.1. The van der Waals surface area contributed by atoms with Gasteiger partial charge in [-0.1, -0.05) is 26.0 Å². The Morgan fingerprint density at radius 3 is 2.29 bits per heavy atom. The summed E-state index contributed by atoms with van der Waals surface area (Å²) in [6.45, 7) is 3.66. The van der Waals surface area contributed by atoms with E-state index in [1.165, 1.54) is 0 Å². The fourth-order valence-corrected chi connectivity index (χ4v) is 1.23. The van der Waals surface area contributed by atoms with Gasteiger partial charge >= 0.3 is 0 Å². The summed E-state index contributed by atoms with van der Waals surface area (Å²) < 4.78 is 0. The fraction of sp³-hybridized carbons (Fsp3) is 0.333. The number of nitrogens with one attached hydrogen (secondary N) is 2. The monoisotopic (exact) mass is 235 g/mol. The van der Waals surface area contributed by atoms with E-state index in [1.54, 1.807) is 24.3 Å². The van der Waals surface area contributed by atoms with Crippen molar-refractivity contribution in [2.24, 2.45) is 11.8 Å². The number of hydrogen-bond donors (Lipinski definition) is 3. The highest BCUT2D eigenvalue weighted by molar-refractivity contribution is 5.92. The van der Waals surface area contributed by atoms with Crippen LogP contribution in [0.3, 0.4) is 0 Å². The first-order chi connectivity index (χ1) is 8.02. The number of amides is 2. The predicted molar refractivity (Wildman–Crippen MR) is 65.9 cm³/mol. The second kappa shape index (κ2) is 6.00. The van der Waals surface area contributed by atoms with Gasteiger partial charge in [-0.25, -0.2) is 5.84 Å². The van der Waals surface area contributed by atoms with Crippen molar-refractivity contribution in [1.82, 2.24) is 5.43 Å². The molecule has 0 fully saturated rings. The molecule has 0 aromatic heterocycles. The summed E-state index contributed by atoms with van der Waals surface area (Å²) in [6, 6.07) is 7.09. The molecule has 1 aromatic carbocycles. The van der Waals surface area contributed by atoms with Crippen LogP contribution in [0.25, 0.3) is 0 Å². The number of hydrogen-bond acceptors (Lipinski definition) is 3. The lowest BCUT2D eigenvalue weighted by Crippen LogP contribution is -2.31. The van der Waals surface area contributed by atoms with Crippen molar-refractivity contribution >= 4 is 17.5 Å². The molecule has 0 aliphatic rings. The van der Waals surface area contributed by atoms with Crippen LogP contribution in [0.15, 0.2) is 24.3 Å². The van der Waals surface area contributed by atoms with Crippen molar-refractivity contribution < 1.29 is 9.59 Å². The summed E-state index contributed by atoms with van der Waals surface area (Å²) in [5.74, 6) is 4.66. The van der Waals surface area contributed by atoms with Crippen LogP contribution in [-0.2, 0) is 16.0 Å². The van der Waals surface area contributed by atoms with Crippen molar-refractivity contribution in [3.8, 4) is 0 Å². The molecule has 4 N–H and O–H groups in total. The van der Waals surface area contributed by atoms with Crippen LogP contribution >= 0.6 is 0 Å². The molecule has 17 heavy (non-hydrogen) atoms. The maximum atomic E-state index is 11.4. The van der Waals surface area contributed by atoms with Crippen LogP contribution in [0.5, 0.6) is 0 Å². The van der Waals surface area contributed by atoms with Gasteiger partial charge in [0.05, 0.1) is 6.42 Å². The van der Waals surface area contributed by atoms with Gasteiger partial charge in [0.1, 0.15) is 0 Å². The SMILES string of the molecule is CC(C)C(=O)Nc1ccc(CC(=O)NN)cc1. The zero-order valence-corrected chi connectivity index (χ0v) is 9.99. The van der Waals surface area contributed by atoms with Gasteiger partial charge in [-0.2, -0.15) is 0 Å². The predicted octanol–water partition coefficient (Wildman–Crippen LogP) is 0.813. The van der Waals surface area contributed by atoms with Gasteiger partial charge in [-0.3, -0.25) is 15.0 Å². The smallest absolute Gasteiger partial charge is 0.238 e. The van der Waals surface area contributed by atoms with Gasteiger partial charge < -0.3 is 5.32 Å². The molecule has 2 amide bonds. The molecule has 1 rings (SSSR count). The highest BCUT2D eigenvalue weighted by atomic mass is 16.2. The van der Waals surface area contributed by atoms with Crippen LogP contribution < -0.4 is 16.6 Å². The molecule has 92 valence electrons. The molecular weight excluding hydrogens is 218 g/mol. The number of anilines is 1. The van der Waals surface area contributed by atoms with Gasteiger partial charge in [0, 0.05) is 11.6 Å². The first-order valence-corrected chi connectivity index (χ1v) is 5.42.